The molecule has 6 N–H and O–H groups in total. The van der Waals surface area contributed by atoms with Crippen molar-refractivity contribution in [2.75, 3.05) is 32.7 Å². The number of nitrogens with two attached hydrogens (primary N) is 2. The molecule has 0 aliphatic carbocycles. The van der Waals surface area contributed by atoms with E-state index in [0.29, 0.717) is 38.9 Å². The average Bonchev–Trinajstić information content (AvgIpc) is 3.09. The molecule has 0 spiro atoms. The maximum absolute atomic E-state index is 13.8. The Morgan fingerprint density at radius 1 is 0.417 bits per heavy atom. The van der Waals surface area contributed by atoms with Gasteiger partial charge in [0.15, 0.2) is 11.6 Å². The maximum Gasteiger partial charge on any atom is 0.160 e. The average molecular weight is 679 g/mol. The summed E-state index contributed by atoms with van der Waals surface area (Å²) in [6.45, 7) is 8.16. The quantitative estimate of drug-likeness (QED) is 0.0378. The second-order valence-electron chi connectivity index (χ2n) is 14.8. The molecule has 0 aliphatic rings. The Labute approximate surface area is 300 Å². The van der Waals surface area contributed by atoms with Crippen LogP contribution in [0.4, 0.5) is 0 Å². The third-order valence-electron chi connectivity index (χ3n) is 10.3. The summed E-state index contributed by atoms with van der Waals surface area (Å²) in [4.78, 5) is 27.6. The second kappa shape index (κ2) is 37.4. The van der Waals surface area contributed by atoms with Crippen LogP contribution in [0.3, 0.4) is 0 Å². The highest BCUT2D eigenvalue weighted by atomic mass is 16.2. The van der Waals surface area contributed by atoms with Crippen LogP contribution in [0.5, 0.6) is 0 Å². The smallest absolute Gasteiger partial charge is 0.160 e. The van der Waals surface area contributed by atoms with Crippen molar-refractivity contribution < 1.29 is 9.59 Å². The van der Waals surface area contributed by atoms with E-state index < -0.39 is 5.54 Å². The predicted molar refractivity (Wildman–Crippen MR) is 211 cm³/mol. The minimum Gasteiger partial charge on any atom is -0.330 e. The number of hydrogen-bond donors (Lipinski definition) is 4. The highest BCUT2D eigenvalue weighted by molar-refractivity contribution is 6.11. The molecule has 48 heavy (non-hydrogen) atoms. The molecule has 0 rings (SSSR count). The Balaban J connectivity index is 4.58. The normalized spacial score (nSPS) is 11.8. The highest BCUT2D eigenvalue weighted by Crippen LogP contribution is 2.22. The highest BCUT2D eigenvalue weighted by Gasteiger charge is 2.42. The molecular weight excluding hydrogens is 592 g/mol. The number of carbonyl (C=O) groups is 2. The molecule has 0 aromatic carbocycles. The molecule has 0 heterocycles. The third kappa shape index (κ3) is 27.9. The summed E-state index contributed by atoms with van der Waals surface area (Å²) in [6, 6.07) is 0. The SMILES string of the molecule is CCCCCCCCCCCCCCCC(=O)C(CCN)(NCCCCNCCCN)C(=O)CCCCCCCCCCCCCCC. The Kier molecular flexibility index (Phi) is 36.8. The van der Waals surface area contributed by atoms with Gasteiger partial charge in [0.05, 0.1) is 0 Å². The van der Waals surface area contributed by atoms with Crippen LogP contribution in [-0.4, -0.2) is 49.8 Å². The first-order chi connectivity index (χ1) is 23.6. The van der Waals surface area contributed by atoms with Gasteiger partial charge < -0.3 is 16.8 Å². The Hall–Kier alpha value is -0.820. The molecule has 0 bridgehead atoms. The largest absolute Gasteiger partial charge is 0.330 e. The van der Waals surface area contributed by atoms with Crippen molar-refractivity contribution in [2.45, 2.75) is 225 Å². The van der Waals surface area contributed by atoms with Gasteiger partial charge in [0.25, 0.3) is 0 Å². The molecule has 0 saturated carbocycles. The molecular formula is C42H86N4O2. The number of rotatable bonds is 41. The lowest BCUT2D eigenvalue weighted by Gasteiger charge is -2.32. The predicted octanol–water partition coefficient (Wildman–Crippen LogP) is 10.5. The first kappa shape index (κ1) is 47.2. The third-order valence-corrected chi connectivity index (χ3v) is 10.3. The van der Waals surface area contributed by atoms with Crippen molar-refractivity contribution >= 4 is 11.6 Å². The fourth-order valence-corrected chi connectivity index (χ4v) is 7.00. The van der Waals surface area contributed by atoms with E-state index in [9.17, 15) is 9.59 Å². The van der Waals surface area contributed by atoms with Crippen LogP contribution in [0, 0.1) is 0 Å². The van der Waals surface area contributed by atoms with Crippen molar-refractivity contribution in [3.05, 3.63) is 0 Å². The first-order valence-electron chi connectivity index (χ1n) is 21.5. The molecule has 0 unspecified atom stereocenters. The van der Waals surface area contributed by atoms with Gasteiger partial charge >= 0.3 is 0 Å². The Morgan fingerprint density at radius 3 is 1.10 bits per heavy atom. The number of carbonyl (C=O) groups excluding carboxylic acids is 2. The van der Waals surface area contributed by atoms with E-state index in [1.807, 2.05) is 0 Å². The summed E-state index contributed by atoms with van der Waals surface area (Å²) in [7, 11) is 0. The summed E-state index contributed by atoms with van der Waals surface area (Å²) >= 11 is 0. The molecule has 0 aliphatic heterocycles. The minimum absolute atomic E-state index is 0.0804. The van der Waals surface area contributed by atoms with Gasteiger partial charge in [0.1, 0.15) is 5.54 Å². The van der Waals surface area contributed by atoms with Crippen LogP contribution in [0.15, 0.2) is 0 Å². The molecule has 0 aromatic rings. The molecule has 0 radical (unpaired) electrons. The second-order valence-corrected chi connectivity index (χ2v) is 14.8. The van der Waals surface area contributed by atoms with E-state index >= 15 is 0 Å². The fraction of sp³-hybridized carbons (Fsp3) is 0.952. The van der Waals surface area contributed by atoms with Crippen molar-refractivity contribution in [3.8, 4) is 0 Å². The zero-order valence-electron chi connectivity index (χ0n) is 32.6. The Bertz CT molecular complexity index is 645. The molecule has 0 amide bonds. The Morgan fingerprint density at radius 2 is 0.750 bits per heavy atom. The molecule has 0 saturated heterocycles. The minimum atomic E-state index is -1.10. The number of nitrogens with one attached hydrogen (secondary N) is 2. The lowest BCUT2D eigenvalue weighted by molar-refractivity contribution is -0.137. The summed E-state index contributed by atoms with van der Waals surface area (Å²) < 4.78 is 0. The topological polar surface area (TPSA) is 110 Å². The van der Waals surface area contributed by atoms with Crippen molar-refractivity contribution in [1.29, 1.82) is 0 Å². The molecule has 0 atom stereocenters. The van der Waals surface area contributed by atoms with Crippen molar-refractivity contribution in [1.82, 2.24) is 10.6 Å². The lowest BCUT2D eigenvalue weighted by Crippen LogP contribution is -2.59. The standard InChI is InChI=1S/C42H86N4O2/c1-3-5-7-9-11-13-15-17-19-21-23-25-27-32-40(47)42(34-36-44,46-39-30-29-37-45-38-31-35-43)41(48)33-28-26-24-22-20-18-16-14-12-10-8-6-4-2/h45-46H,3-39,43-44H2,1-2H3. The van der Waals surface area contributed by atoms with E-state index in [1.165, 1.54) is 141 Å². The van der Waals surface area contributed by atoms with Gasteiger partial charge in [-0.05, 0) is 71.2 Å². The van der Waals surface area contributed by atoms with Crippen molar-refractivity contribution in [3.63, 3.8) is 0 Å². The maximum atomic E-state index is 13.8. The number of hydrogen-bond acceptors (Lipinski definition) is 6. The molecule has 6 nitrogen and oxygen atoms in total. The van der Waals surface area contributed by atoms with Crippen LogP contribution in [0.25, 0.3) is 0 Å². The fourth-order valence-electron chi connectivity index (χ4n) is 7.00. The molecule has 6 heteroatoms. The van der Waals surface area contributed by atoms with Crippen molar-refractivity contribution in [2.24, 2.45) is 11.5 Å². The number of Topliss-reactive ketones (excluding diaryl/α,β-unsaturated/α-hetero) is 2. The van der Waals surface area contributed by atoms with Gasteiger partial charge in [-0.2, -0.15) is 0 Å². The summed E-state index contributed by atoms with van der Waals surface area (Å²) in [5.41, 5.74) is 10.6. The van der Waals surface area contributed by atoms with Crippen LogP contribution < -0.4 is 22.1 Å². The van der Waals surface area contributed by atoms with E-state index in [0.717, 1.165) is 58.0 Å². The molecule has 0 fully saturated rings. The zero-order valence-corrected chi connectivity index (χ0v) is 32.6. The van der Waals surface area contributed by atoms with Crippen LogP contribution in [0.2, 0.25) is 0 Å². The summed E-state index contributed by atoms with van der Waals surface area (Å²) in [5.74, 6) is 0.161. The van der Waals surface area contributed by atoms with E-state index in [1.54, 1.807) is 0 Å². The van der Waals surface area contributed by atoms with Gasteiger partial charge in [-0.15, -0.1) is 0 Å². The molecule has 0 aromatic heterocycles. The lowest BCUT2D eigenvalue weighted by atomic mass is 9.80. The van der Waals surface area contributed by atoms with Gasteiger partial charge in [0.2, 0.25) is 0 Å². The van der Waals surface area contributed by atoms with Crippen LogP contribution in [-0.2, 0) is 9.59 Å². The summed E-state index contributed by atoms with van der Waals surface area (Å²) in [5, 5.41) is 6.93. The first-order valence-corrected chi connectivity index (χ1v) is 21.5. The van der Waals surface area contributed by atoms with Gasteiger partial charge in [-0.3, -0.25) is 14.9 Å². The van der Waals surface area contributed by atoms with Crippen LogP contribution in [0.1, 0.15) is 219 Å². The van der Waals surface area contributed by atoms with Gasteiger partial charge in [0, 0.05) is 12.8 Å². The van der Waals surface area contributed by atoms with Gasteiger partial charge in [-0.25, -0.2) is 0 Å². The number of unbranched alkanes of at least 4 members (excludes halogenated alkanes) is 25. The van der Waals surface area contributed by atoms with E-state index in [-0.39, 0.29) is 11.6 Å². The zero-order chi connectivity index (χ0) is 35.2. The van der Waals surface area contributed by atoms with Crippen LogP contribution >= 0.6 is 0 Å². The summed E-state index contributed by atoms with van der Waals surface area (Å²) in [6.07, 6.45) is 37.7. The van der Waals surface area contributed by atoms with Gasteiger partial charge in [-0.1, -0.05) is 168 Å². The number of ketones is 2. The monoisotopic (exact) mass is 679 g/mol. The molecule has 286 valence electrons. The van der Waals surface area contributed by atoms with E-state index in [2.05, 4.69) is 24.5 Å². The van der Waals surface area contributed by atoms with E-state index in [4.69, 9.17) is 11.5 Å².